The number of aromatic amines is 1. The van der Waals surface area contributed by atoms with Crippen molar-refractivity contribution in [1.29, 1.82) is 10.8 Å². The number of ether oxygens (including phenoxy) is 1. The molecule has 1 aromatic carbocycles. The number of rotatable bonds is 6. The van der Waals surface area contributed by atoms with E-state index in [2.05, 4.69) is 15.2 Å². The fraction of sp³-hybridized carbons (Fsp3) is 0.286. The van der Waals surface area contributed by atoms with Crippen LogP contribution in [0.25, 0.3) is 11.4 Å². The summed E-state index contributed by atoms with van der Waals surface area (Å²) in [7, 11) is 0. The van der Waals surface area contributed by atoms with Gasteiger partial charge in [0, 0.05) is 46.4 Å². The number of carbonyl (C=O) groups is 1. The highest BCUT2D eigenvalue weighted by Crippen LogP contribution is 2.22. The number of carbonyl (C=O) groups excluding carboxylic acids is 1. The fourth-order valence-electron chi connectivity index (χ4n) is 3.54. The third-order valence-corrected chi connectivity index (χ3v) is 5.72. The van der Waals surface area contributed by atoms with Gasteiger partial charge in [-0.1, -0.05) is 6.07 Å². The first-order valence-corrected chi connectivity index (χ1v) is 10.9. The molecule has 1 aliphatic rings. The minimum absolute atomic E-state index is 0.115. The van der Waals surface area contributed by atoms with Crippen molar-refractivity contribution in [3.8, 4) is 17.1 Å². The highest BCUT2D eigenvalue weighted by Gasteiger charge is 2.25. The number of H-pyrrole nitrogens is 1. The Morgan fingerprint density at radius 3 is 2.81 bits per heavy atom. The smallest absolute Gasteiger partial charge is 0.253 e. The van der Waals surface area contributed by atoms with Crippen LogP contribution in [0.2, 0.25) is 0 Å². The summed E-state index contributed by atoms with van der Waals surface area (Å²) in [4.78, 5) is 19.1. The number of pyridine rings is 1. The van der Waals surface area contributed by atoms with E-state index in [1.54, 1.807) is 29.4 Å². The van der Waals surface area contributed by atoms with E-state index < -0.39 is 11.1 Å². The van der Waals surface area contributed by atoms with Crippen molar-refractivity contribution in [2.75, 3.05) is 19.7 Å². The van der Waals surface area contributed by atoms with Gasteiger partial charge < -0.3 is 14.2 Å². The number of likely N-dealkylation sites (tertiary alicyclic amines) is 1. The van der Waals surface area contributed by atoms with Gasteiger partial charge >= 0.3 is 0 Å². The third-order valence-electron chi connectivity index (χ3n) is 5.08. The van der Waals surface area contributed by atoms with E-state index in [0.29, 0.717) is 31.0 Å². The van der Waals surface area contributed by atoms with Crippen molar-refractivity contribution in [1.82, 2.24) is 20.1 Å². The number of aromatic nitrogens is 3. The van der Waals surface area contributed by atoms with Gasteiger partial charge in [0.1, 0.15) is 5.75 Å². The number of nitrogens with one attached hydrogen (secondary N) is 1. The molecule has 11 heteroatoms. The molecular formula is C21H21N6O4S-. The number of benzene rings is 1. The molecule has 166 valence electrons. The maximum atomic E-state index is 12.8. The van der Waals surface area contributed by atoms with Crippen molar-refractivity contribution in [3.05, 3.63) is 60.4 Å². The average molecular weight is 454 g/mol. The lowest BCUT2D eigenvalue weighted by Crippen LogP contribution is -2.41. The average Bonchev–Trinajstić information content (AvgIpc) is 3.39. The Labute approximate surface area is 187 Å². The molecule has 0 spiro atoms. The molecule has 1 fully saturated rings. The summed E-state index contributed by atoms with van der Waals surface area (Å²) in [6.07, 6.45) is 5.20. The van der Waals surface area contributed by atoms with Crippen LogP contribution in [-0.2, 0) is 11.1 Å². The zero-order chi connectivity index (χ0) is 22.9. The first-order chi connectivity index (χ1) is 15.6. The molecule has 3 aromatic rings. The maximum Gasteiger partial charge on any atom is 0.253 e. The lowest BCUT2D eigenvalue weighted by atomic mass is 9.98. The summed E-state index contributed by atoms with van der Waals surface area (Å²) >= 11 is -2.36. The Morgan fingerprint density at radius 1 is 1.28 bits per heavy atom. The Morgan fingerprint density at radius 2 is 2.12 bits per heavy atom. The standard InChI is InChI=1S/C21H22N4O4S.N2/c26-21(16-4-1-5-18(11-16)30(27)28)25-10-2-3-15(13-25)14-29-17-6-7-19(22-12-17)20-8-9-23-24-20;1-2/h1,4-9,11-12,15H,2-3,10,13-14H2,(H,23,24)(H,27,28);/p-1/t15-;/m1./s1. The fourth-order valence-corrected chi connectivity index (χ4v) is 3.95. The summed E-state index contributed by atoms with van der Waals surface area (Å²) in [5, 5.41) is 18.8. The number of amides is 1. The zero-order valence-electron chi connectivity index (χ0n) is 17.1. The second-order valence-electron chi connectivity index (χ2n) is 7.18. The van der Waals surface area contributed by atoms with Crippen LogP contribution in [0.1, 0.15) is 23.2 Å². The molecule has 1 unspecified atom stereocenters. The van der Waals surface area contributed by atoms with Gasteiger partial charge in [0.15, 0.2) is 0 Å². The number of hydrogen-bond donors (Lipinski definition) is 1. The highest BCUT2D eigenvalue weighted by molar-refractivity contribution is 7.79. The predicted molar refractivity (Wildman–Crippen MR) is 113 cm³/mol. The van der Waals surface area contributed by atoms with E-state index in [4.69, 9.17) is 15.5 Å². The lowest BCUT2D eigenvalue weighted by molar-refractivity contribution is 0.0633. The maximum absolute atomic E-state index is 12.8. The third kappa shape index (κ3) is 5.75. The van der Waals surface area contributed by atoms with Gasteiger partial charge in [-0.3, -0.25) is 19.1 Å². The van der Waals surface area contributed by atoms with Gasteiger partial charge in [0.2, 0.25) is 0 Å². The van der Waals surface area contributed by atoms with Crippen molar-refractivity contribution in [2.24, 2.45) is 5.92 Å². The van der Waals surface area contributed by atoms with Crippen LogP contribution in [0.4, 0.5) is 0 Å². The molecule has 2 atom stereocenters. The van der Waals surface area contributed by atoms with Crippen LogP contribution in [0.5, 0.6) is 5.75 Å². The second kappa shape index (κ2) is 11.1. The molecule has 1 N–H and O–H groups in total. The van der Waals surface area contributed by atoms with E-state index in [-0.39, 0.29) is 16.7 Å². The van der Waals surface area contributed by atoms with Crippen LogP contribution in [0.3, 0.4) is 0 Å². The zero-order valence-corrected chi connectivity index (χ0v) is 17.9. The van der Waals surface area contributed by atoms with Crippen molar-refractivity contribution in [3.63, 3.8) is 0 Å². The molecule has 10 nitrogen and oxygen atoms in total. The van der Waals surface area contributed by atoms with Crippen LogP contribution in [0.15, 0.2) is 59.8 Å². The molecule has 0 aliphatic carbocycles. The van der Waals surface area contributed by atoms with Crippen LogP contribution < -0.4 is 4.74 Å². The molecule has 1 amide bonds. The van der Waals surface area contributed by atoms with Gasteiger partial charge in [-0.2, -0.15) is 5.10 Å². The minimum atomic E-state index is -2.36. The van der Waals surface area contributed by atoms with Gasteiger partial charge in [0.25, 0.3) is 5.91 Å². The lowest BCUT2D eigenvalue weighted by Gasteiger charge is -2.32. The number of nitrogens with zero attached hydrogens (tertiary/aromatic N) is 5. The summed E-state index contributed by atoms with van der Waals surface area (Å²) in [5.74, 6) is 0.719. The Hall–Kier alpha value is -3.62. The van der Waals surface area contributed by atoms with Crippen molar-refractivity contribution >= 4 is 17.0 Å². The normalized spacial score (nSPS) is 16.5. The monoisotopic (exact) mass is 453 g/mol. The Balaban J connectivity index is 0.00000141. The van der Waals surface area contributed by atoms with Gasteiger partial charge in [0.05, 0.1) is 24.2 Å². The predicted octanol–water partition coefficient (Wildman–Crippen LogP) is 2.67. The molecular weight excluding hydrogens is 432 g/mol. The van der Waals surface area contributed by atoms with E-state index in [9.17, 15) is 13.6 Å². The minimum Gasteiger partial charge on any atom is -0.768 e. The summed E-state index contributed by atoms with van der Waals surface area (Å²) in [6, 6.07) is 11.7. The molecule has 1 saturated heterocycles. The number of piperidine rings is 1. The molecule has 1 aliphatic heterocycles. The SMILES string of the molecule is N#N.O=C(c1cccc(S(=O)[O-])c1)N1CCC[C@@H](COc2ccc(-c3ccn[nH]3)nc2)C1. The summed E-state index contributed by atoms with van der Waals surface area (Å²) in [6.45, 7) is 1.71. The van der Waals surface area contributed by atoms with Gasteiger partial charge in [-0.05, 0) is 60.3 Å². The molecule has 3 heterocycles. The Bertz CT molecular complexity index is 1070. The van der Waals surface area contributed by atoms with E-state index in [0.717, 1.165) is 24.2 Å². The Kier molecular flexibility index (Phi) is 8.02. The topological polar surface area (TPSA) is 159 Å². The molecule has 32 heavy (non-hydrogen) atoms. The van der Waals surface area contributed by atoms with Crippen LogP contribution >= 0.6 is 0 Å². The number of hydrogen-bond acceptors (Lipinski definition) is 8. The van der Waals surface area contributed by atoms with E-state index in [1.807, 2.05) is 18.2 Å². The highest BCUT2D eigenvalue weighted by atomic mass is 32.2. The van der Waals surface area contributed by atoms with Crippen LogP contribution in [0, 0.1) is 16.7 Å². The van der Waals surface area contributed by atoms with Crippen molar-refractivity contribution in [2.45, 2.75) is 17.7 Å². The first-order valence-electron chi connectivity index (χ1n) is 9.87. The van der Waals surface area contributed by atoms with Crippen molar-refractivity contribution < 1.29 is 18.3 Å². The van der Waals surface area contributed by atoms with Gasteiger partial charge in [-0.25, -0.2) is 0 Å². The largest absolute Gasteiger partial charge is 0.768 e. The quantitative estimate of drug-likeness (QED) is 0.440. The first kappa shape index (κ1) is 23.1. The van der Waals surface area contributed by atoms with E-state index >= 15 is 0 Å². The molecule has 0 radical (unpaired) electrons. The molecule has 0 bridgehead atoms. The van der Waals surface area contributed by atoms with E-state index in [1.165, 1.54) is 12.1 Å². The summed E-state index contributed by atoms with van der Waals surface area (Å²) in [5.41, 5.74) is 2.01. The summed E-state index contributed by atoms with van der Waals surface area (Å²) < 4.78 is 28.2. The molecule has 4 rings (SSSR count). The molecule has 2 aromatic heterocycles. The van der Waals surface area contributed by atoms with Crippen LogP contribution in [-0.4, -0.2) is 54.4 Å². The van der Waals surface area contributed by atoms with Gasteiger partial charge in [-0.15, -0.1) is 0 Å². The molecule has 0 saturated carbocycles. The second-order valence-corrected chi connectivity index (χ2v) is 8.12.